The van der Waals surface area contributed by atoms with Crippen LogP contribution in [0, 0.1) is 6.92 Å². The maximum Gasteiger partial charge on any atom is 0.0409 e. The van der Waals surface area contributed by atoms with E-state index in [1.807, 2.05) is 12.1 Å². The summed E-state index contributed by atoms with van der Waals surface area (Å²) in [6.45, 7) is 3.05. The zero-order chi connectivity index (χ0) is 10.7. The van der Waals surface area contributed by atoms with Gasteiger partial charge in [-0.3, -0.25) is 0 Å². The largest absolute Gasteiger partial charge is 0.311 e. The summed E-state index contributed by atoms with van der Waals surface area (Å²) in [6, 6.07) is 6.77. The van der Waals surface area contributed by atoms with E-state index in [0.29, 0.717) is 0 Å². The van der Waals surface area contributed by atoms with E-state index in [1.165, 1.54) is 24.0 Å². The van der Waals surface area contributed by atoms with Gasteiger partial charge >= 0.3 is 0 Å². The van der Waals surface area contributed by atoms with Crippen LogP contribution in [-0.4, -0.2) is 12.6 Å². The molecule has 1 aliphatic carbocycles. The molecular formula is C13H16ClN. The second-order valence-corrected chi connectivity index (χ2v) is 4.52. The Morgan fingerprint density at radius 1 is 1.47 bits per heavy atom. The minimum atomic E-state index is 0.779. The predicted octanol–water partition coefficient (Wildman–Crippen LogP) is 3.41. The predicted molar refractivity (Wildman–Crippen MR) is 66.2 cm³/mol. The Kier molecular flexibility index (Phi) is 3.45. The number of hydrogen-bond acceptors (Lipinski definition) is 1. The van der Waals surface area contributed by atoms with Gasteiger partial charge in [0, 0.05) is 17.6 Å². The van der Waals surface area contributed by atoms with E-state index < -0.39 is 0 Å². The lowest BCUT2D eigenvalue weighted by atomic mass is 10.1. The quantitative estimate of drug-likeness (QED) is 0.822. The second kappa shape index (κ2) is 4.82. The molecule has 2 heteroatoms. The summed E-state index contributed by atoms with van der Waals surface area (Å²) >= 11 is 5.89. The SMILES string of the molecule is Cc1cc(Cl)ccc1/C=C/CNC1CC1. The molecule has 0 saturated heterocycles. The van der Waals surface area contributed by atoms with Crippen LogP contribution in [0.2, 0.25) is 5.02 Å². The normalized spacial score (nSPS) is 16.1. The number of halogens is 1. The topological polar surface area (TPSA) is 12.0 Å². The van der Waals surface area contributed by atoms with Crippen molar-refractivity contribution in [3.8, 4) is 0 Å². The molecular weight excluding hydrogens is 206 g/mol. The summed E-state index contributed by atoms with van der Waals surface area (Å²) in [5.74, 6) is 0. The molecule has 0 spiro atoms. The third kappa shape index (κ3) is 3.37. The van der Waals surface area contributed by atoms with Gasteiger partial charge in [-0.15, -0.1) is 0 Å². The third-order valence-electron chi connectivity index (χ3n) is 2.63. The van der Waals surface area contributed by atoms with Crippen LogP contribution in [0.15, 0.2) is 24.3 Å². The Hall–Kier alpha value is -0.790. The highest BCUT2D eigenvalue weighted by molar-refractivity contribution is 6.30. The minimum Gasteiger partial charge on any atom is -0.311 e. The van der Waals surface area contributed by atoms with Crippen molar-refractivity contribution in [2.24, 2.45) is 0 Å². The van der Waals surface area contributed by atoms with Gasteiger partial charge in [-0.2, -0.15) is 0 Å². The summed E-state index contributed by atoms with van der Waals surface area (Å²) in [5, 5.41) is 4.25. The molecule has 0 bridgehead atoms. The minimum absolute atomic E-state index is 0.779. The number of benzene rings is 1. The average Bonchev–Trinajstić information content (AvgIpc) is 2.99. The molecule has 80 valence electrons. The van der Waals surface area contributed by atoms with Crippen LogP contribution in [0.25, 0.3) is 6.08 Å². The molecule has 1 aromatic carbocycles. The average molecular weight is 222 g/mol. The molecule has 1 N–H and O–H groups in total. The summed E-state index contributed by atoms with van der Waals surface area (Å²) < 4.78 is 0. The lowest BCUT2D eigenvalue weighted by molar-refractivity contribution is 0.754. The summed E-state index contributed by atoms with van der Waals surface area (Å²) in [5.41, 5.74) is 2.47. The van der Waals surface area contributed by atoms with Crippen molar-refractivity contribution >= 4 is 17.7 Å². The van der Waals surface area contributed by atoms with Gasteiger partial charge in [0.05, 0.1) is 0 Å². The van der Waals surface area contributed by atoms with Gasteiger partial charge in [-0.1, -0.05) is 29.8 Å². The van der Waals surface area contributed by atoms with Crippen LogP contribution in [0.5, 0.6) is 0 Å². The number of aryl methyl sites for hydroxylation is 1. The fraction of sp³-hybridized carbons (Fsp3) is 0.385. The number of hydrogen-bond donors (Lipinski definition) is 1. The first kappa shape index (κ1) is 10.7. The Labute approximate surface area is 96.1 Å². The molecule has 1 aromatic rings. The Balaban J connectivity index is 1.90. The van der Waals surface area contributed by atoms with Gasteiger partial charge < -0.3 is 5.32 Å². The smallest absolute Gasteiger partial charge is 0.0409 e. The van der Waals surface area contributed by atoms with Gasteiger partial charge in [0.25, 0.3) is 0 Å². The second-order valence-electron chi connectivity index (χ2n) is 4.09. The van der Waals surface area contributed by atoms with Crippen LogP contribution < -0.4 is 5.32 Å². The van der Waals surface area contributed by atoms with E-state index in [-0.39, 0.29) is 0 Å². The van der Waals surface area contributed by atoms with Crippen LogP contribution in [0.1, 0.15) is 24.0 Å². The Bertz CT molecular complexity index is 367. The zero-order valence-electron chi connectivity index (χ0n) is 8.96. The highest BCUT2D eigenvalue weighted by Crippen LogP contribution is 2.18. The van der Waals surface area contributed by atoms with Gasteiger partial charge in [-0.05, 0) is 43.0 Å². The van der Waals surface area contributed by atoms with E-state index in [4.69, 9.17) is 11.6 Å². The van der Waals surface area contributed by atoms with Crippen LogP contribution >= 0.6 is 11.6 Å². The molecule has 0 atom stereocenters. The van der Waals surface area contributed by atoms with Crippen molar-refractivity contribution in [3.63, 3.8) is 0 Å². The first-order valence-corrected chi connectivity index (χ1v) is 5.79. The molecule has 1 saturated carbocycles. The van der Waals surface area contributed by atoms with Crippen LogP contribution in [0.4, 0.5) is 0 Å². The van der Waals surface area contributed by atoms with E-state index in [2.05, 4.69) is 30.5 Å². The van der Waals surface area contributed by atoms with Crippen LogP contribution in [-0.2, 0) is 0 Å². The van der Waals surface area contributed by atoms with Crippen molar-refractivity contribution in [2.75, 3.05) is 6.54 Å². The van der Waals surface area contributed by atoms with Crippen molar-refractivity contribution < 1.29 is 0 Å². The van der Waals surface area contributed by atoms with Gasteiger partial charge in [0.2, 0.25) is 0 Å². The third-order valence-corrected chi connectivity index (χ3v) is 2.87. The van der Waals surface area contributed by atoms with E-state index >= 15 is 0 Å². The lowest BCUT2D eigenvalue weighted by Gasteiger charge is -2.01. The number of nitrogens with one attached hydrogen (secondary N) is 1. The van der Waals surface area contributed by atoms with Crippen molar-refractivity contribution in [1.29, 1.82) is 0 Å². The molecule has 15 heavy (non-hydrogen) atoms. The molecule has 1 nitrogen and oxygen atoms in total. The highest BCUT2D eigenvalue weighted by atomic mass is 35.5. The lowest BCUT2D eigenvalue weighted by Crippen LogP contribution is -2.15. The fourth-order valence-electron chi connectivity index (χ4n) is 1.53. The van der Waals surface area contributed by atoms with Gasteiger partial charge in [-0.25, -0.2) is 0 Å². The molecule has 0 aromatic heterocycles. The Morgan fingerprint density at radius 2 is 2.27 bits per heavy atom. The maximum absolute atomic E-state index is 5.89. The molecule has 0 heterocycles. The molecule has 0 amide bonds. The van der Waals surface area contributed by atoms with E-state index in [9.17, 15) is 0 Å². The van der Waals surface area contributed by atoms with Gasteiger partial charge in [0.15, 0.2) is 0 Å². The highest BCUT2D eigenvalue weighted by Gasteiger charge is 2.18. The van der Waals surface area contributed by atoms with Crippen molar-refractivity contribution in [2.45, 2.75) is 25.8 Å². The van der Waals surface area contributed by atoms with Crippen molar-refractivity contribution in [1.82, 2.24) is 5.32 Å². The molecule has 2 rings (SSSR count). The van der Waals surface area contributed by atoms with E-state index in [0.717, 1.165) is 17.6 Å². The summed E-state index contributed by atoms with van der Waals surface area (Å²) in [7, 11) is 0. The summed E-state index contributed by atoms with van der Waals surface area (Å²) in [6.07, 6.45) is 7.01. The van der Waals surface area contributed by atoms with E-state index in [1.54, 1.807) is 0 Å². The maximum atomic E-state index is 5.89. The first-order chi connectivity index (χ1) is 7.25. The molecule has 0 unspecified atom stereocenters. The van der Waals surface area contributed by atoms with Crippen LogP contribution in [0.3, 0.4) is 0 Å². The fourth-order valence-corrected chi connectivity index (χ4v) is 1.76. The molecule has 0 aliphatic heterocycles. The standard InChI is InChI=1S/C13H16ClN/c1-10-9-12(14)5-4-11(10)3-2-8-15-13-6-7-13/h2-5,9,13,15H,6-8H2,1H3/b3-2+. The Morgan fingerprint density at radius 3 is 2.93 bits per heavy atom. The first-order valence-electron chi connectivity index (χ1n) is 5.42. The molecule has 1 fully saturated rings. The van der Waals surface area contributed by atoms with Gasteiger partial charge in [0.1, 0.15) is 0 Å². The summed E-state index contributed by atoms with van der Waals surface area (Å²) in [4.78, 5) is 0. The number of rotatable bonds is 4. The monoisotopic (exact) mass is 221 g/mol. The van der Waals surface area contributed by atoms with Crippen molar-refractivity contribution in [3.05, 3.63) is 40.4 Å². The zero-order valence-corrected chi connectivity index (χ0v) is 9.72. The molecule has 1 aliphatic rings. The molecule has 0 radical (unpaired) electrons.